The molecule has 2 atom stereocenters. The van der Waals surface area contributed by atoms with E-state index >= 15 is 0 Å². The van der Waals surface area contributed by atoms with Gasteiger partial charge in [0.2, 0.25) is 5.91 Å². The molecule has 72 valence electrons. The topological polar surface area (TPSA) is 38.3 Å². The summed E-state index contributed by atoms with van der Waals surface area (Å²) in [6.45, 7) is 6.64. The monoisotopic (exact) mass is 193 g/mol. The number of nitrogens with one attached hydrogen (secondary N) is 1. The molecule has 2 unspecified atom stereocenters. The molecule has 0 aliphatic carbocycles. The normalized spacial score (nSPS) is 15.3. The van der Waals surface area contributed by atoms with Crippen LogP contribution in [-0.2, 0) is 9.53 Å². The van der Waals surface area contributed by atoms with Crippen molar-refractivity contribution in [3.05, 3.63) is 0 Å². The van der Waals surface area contributed by atoms with E-state index < -0.39 is 5.38 Å². The van der Waals surface area contributed by atoms with Crippen molar-refractivity contribution in [2.75, 3.05) is 13.2 Å². The number of hydrogen-bond acceptors (Lipinski definition) is 2. The van der Waals surface area contributed by atoms with Crippen molar-refractivity contribution in [3.63, 3.8) is 0 Å². The maximum atomic E-state index is 11.0. The van der Waals surface area contributed by atoms with Crippen molar-refractivity contribution < 1.29 is 9.53 Å². The minimum Gasteiger partial charge on any atom is -0.380 e. The molecule has 4 heteroatoms. The summed E-state index contributed by atoms with van der Waals surface area (Å²) in [4.78, 5) is 11.0. The minimum absolute atomic E-state index is 0.0265. The summed E-state index contributed by atoms with van der Waals surface area (Å²) >= 11 is 5.55. The first-order valence-corrected chi connectivity index (χ1v) is 4.53. The predicted molar refractivity (Wildman–Crippen MR) is 49.4 cm³/mol. The Morgan fingerprint density at radius 2 is 2.17 bits per heavy atom. The van der Waals surface area contributed by atoms with E-state index in [9.17, 15) is 4.79 Å². The summed E-state index contributed by atoms with van der Waals surface area (Å²) < 4.78 is 5.12. The van der Waals surface area contributed by atoms with Gasteiger partial charge in [0.05, 0.1) is 6.61 Å². The molecule has 0 heterocycles. The highest BCUT2D eigenvalue weighted by atomic mass is 35.5. The number of alkyl halides is 1. The quantitative estimate of drug-likeness (QED) is 0.666. The van der Waals surface area contributed by atoms with E-state index in [0.717, 1.165) is 0 Å². The van der Waals surface area contributed by atoms with Crippen molar-refractivity contribution in [1.29, 1.82) is 0 Å². The Balaban J connectivity index is 3.54. The van der Waals surface area contributed by atoms with Crippen LogP contribution in [0, 0.1) is 0 Å². The van der Waals surface area contributed by atoms with Crippen LogP contribution in [0.3, 0.4) is 0 Å². The predicted octanol–water partition coefficient (Wildman–Crippen LogP) is 1.15. The van der Waals surface area contributed by atoms with E-state index in [0.29, 0.717) is 13.2 Å². The third-order valence-corrected chi connectivity index (χ3v) is 1.52. The Hall–Kier alpha value is -0.280. The van der Waals surface area contributed by atoms with E-state index in [2.05, 4.69) is 5.32 Å². The number of carbonyl (C=O) groups excluding carboxylic acids is 1. The Kier molecular flexibility index (Phi) is 6.11. The van der Waals surface area contributed by atoms with Gasteiger partial charge in [0.1, 0.15) is 5.38 Å². The van der Waals surface area contributed by atoms with Crippen molar-refractivity contribution in [2.24, 2.45) is 0 Å². The first-order valence-electron chi connectivity index (χ1n) is 4.10. The Labute approximate surface area is 78.4 Å². The number of halogens is 1. The zero-order chi connectivity index (χ0) is 9.56. The van der Waals surface area contributed by atoms with Crippen LogP contribution in [0.4, 0.5) is 0 Å². The van der Waals surface area contributed by atoms with Gasteiger partial charge in [-0.2, -0.15) is 0 Å². The van der Waals surface area contributed by atoms with Crippen molar-refractivity contribution in [1.82, 2.24) is 5.32 Å². The molecular weight excluding hydrogens is 178 g/mol. The first-order chi connectivity index (χ1) is 5.57. The summed E-state index contributed by atoms with van der Waals surface area (Å²) in [5, 5.41) is 2.24. The Morgan fingerprint density at radius 1 is 1.58 bits per heavy atom. The Morgan fingerprint density at radius 3 is 2.58 bits per heavy atom. The molecule has 0 radical (unpaired) electrons. The minimum atomic E-state index is -0.478. The molecule has 1 amide bonds. The van der Waals surface area contributed by atoms with Gasteiger partial charge in [0, 0.05) is 12.6 Å². The van der Waals surface area contributed by atoms with Crippen molar-refractivity contribution >= 4 is 17.5 Å². The van der Waals surface area contributed by atoms with E-state index in [1.807, 2.05) is 13.8 Å². The van der Waals surface area contributed by atoms with Crippen LogP contribution in [0.2, 0.25) is 0 Å². The highest BCUT2D eigenvalue weighted by Gasteiger charge is 2.11. The van der Waals surface area contributed by atoms with Gasteiger partial charge >= 0.3 is 0 Å². The smallest absolute Gasteiger partial charge is 0.238 e. The zero-order valence-corrected chi connectivity index (χ0v) is 8.52. The maximum absolute atomic E-state index is 11.0. The van der Waals surface area contributed by atoms with Crippen LogP contribution in [0.1, 0.15) is 20.8 Å². The number of rotatable bonds is 5. The molecule has 3 nitrogen and oxygen atoms in total. The number of ether oxygens (including phenoxy) is 1. The second-order valence-corrected chi connectivity index (χ2v) is 3.34. The van der Waals surface area contributed by atoms with E-state index in [1.165, 1.54) is 0 Å². The molecule has 0 bridgehead atoms. The maximum Gasteiger partial charge on any atom is 0.238 e. The first kappa shape index (κ1) is 11.7. The molecule has 0 saturated heterocycles. The molecule has 1 N–H and O–H groups in total. The van der Waals surface area contributed by atoms with E-state index in [-0.39, 0.29) is 11.9 Å². The van der Waals surface area contributed by atoms with Crippen molar-refractivity contribution in [3.8, 4) is 0 Å². The lowest BCUT2D eigenvalue weighted by molar-refractivity contribution is -0.121. The van der Waals surface area contributed by atoms with Crippen molar-refractivity contribution in [2.45, 2.75) is 32.2 Å². The lowest BCUT2D eigenvalue weighted by atomic mass is 10.3. The molecule has 0 aromatic heterocycles. The molecule has 0 aromatic rings. The molecule has 0 saturated carbocycles. The molecule has 0 spiro atoms. The van der Waals surface area contributed by atoms with Crippen LogP contribution in [0.15, 0.2) is 0 Å². The summed E-state index contributed by atoms with van der Waals surface area (Å²) in [5.74, 6) is -0.149. The van der Waals surface area contributed by atoms with E-state index in [4.69, 9.17) is 16.3 Å². The molecule has 0 aliphatic rings. The number of amides is 1. The summed E-state index contributed by atoms with van der Waals surface area (Å²) in [6, 6.07) is 0.0265. The molecular formula is C8H16ClNO2. The van der Waals surface area contributed by atoms with Crippen LogP contribution in [0.5, 0.6) is 0 Å². The summed E-state index contributed by atoms with van der Waals surface area (Å²) in [7, 11) is 0. The second kappa shape index (κ2) is 6.26. The molecule has 0 aliphatic heterocycles. The average Bonchev–Trinajstić information content (AvgIpc) is 2.00. The SMILES string of the molecule is CCOCC(C)NC(=O)C(C)Cl. The van der Waals surface area contributed by atoms with Gasteiger partial charge < -0.3 is 10.1 Å². The second-order valence-electron chi connectivity index (χ2n) is 2.69. The lowest BCUT2D eigenvalue weighted by Crippen LogP contribution is -2.39. The van der Waals surface area contributed by atoms with Crippen LogP contribution < -0.4 is 5.32 Å². The van der Waals surface area contributed by atoms with Gasteiger partial charge in [-0.05, 0) is 20.8 Å². The zero-order valence-electron chi connectivity index (χ0n) is 7.76. The number of hydrogen-bond donors (Lipinski definition) is 1. The average molecular weight is 194 g/mol. The molecule has 12 heavy (non-hydrogen) atoms. The van der Waals surface area contributed by atoms with Gasteiger partial charge in [0.15, 0.2) is 0 Å². The largest absolute Gasteiger partial charge is 0.380 e. The van der Waals surface area contributed by atoms with Gasteiger partial charge in [-0.1, -0.05) is 0 Å². The third-order valence-electron chi connectivity index (χ3n) is 1.32. The highest BCUT2D eigenvalue weighted by Crippen LogP contribution is 1.94. The summed E-state index contributed by atoms with van der Waals surface area (Å²) in [5.41, 5.74) is 0. The van der Waals surface area contributed by atoms with Gasteiger partial charge in [-0.15, -0.1) is 11.6 Å². The number of carbonyl (C=O) groups is 1. The standard InChI is InChI=1S/C8H16ClNO2/c1-4-12-5-6(2)10-8(11)7(3)9/h6-7H,4-5H2,1-3H3,(H,10,11). The van der Waals surface area contributed by atoms with Gasteiger partial charge in [-0.25, -0.2) is 0 Å². The fourth-order valence-electron chi connectivity index (χ4n) is 0.694. The highest BCUT2D eigenvalue weighted by molar-refractivity contribution is 6.30. The fourth-order valence-corrected chi connectivity index (χ4v) is 0.757. The molecule has 0 rings (SSSR count). The fraction of sp³-hybridized carbons (Fsp3) is 0.875. The molecule has 0 aromatic carbocycles. The van der Waals surface area contributed by atoms with Crippen LogP contribution >= 0.6 is 11.6 Å². The van der Waals surface area contributed by atoms with E-state index in [1.54, 1.807) is 6.92 Å². The van der Waals surface area contributed by atoms with Crippen LogP contribution in [-0.4, -0.2) is 30.5 Å². The molecule has 0 fully saturated rings. The Bertz CT molecular complexity index is 139. The summed E-state index contributed by atoms with van der Waals surface area (Å²) in [6.07, 6.45) is 0. The van der Waals surface area contributed by atoms with Gasteiger partial charge in [-0.3, -0.25) is 4.79 Å². The lowest BCUT2D eigenvalue weighted by Gasteiger charge is -2.14. The third kappa shape index (κ3) is 5.38. The van der Waals surface area contributed by atoms with Gasteiger partial charge in [0.25, 0.3) is 0 Å². The van der Waals surface area contributed by atoms with Crippen LogP contribution in [0.25, 0.3) is 0 Å².